The smallest absolute Gasteiger partial charge is 0.188 e. The largest absolute Gasteiger partial charge is 0.240 e. The van der Waals surface area contributed by atoms with Crippen LogP contribution >= 0.6 is 11.3 Å². The predicted molar refractivity (Wildman–Crippen MR) is 111 cm³/mol. The molecule has 6 heteroatoms. The van der Waals surface area contributed by atoms with E-state index in [1.54, 1.807) is 54.6 Å². The molecule has 1 heterocycles. The van der Waals surface area contributed by atoms with Crippen molar-refractivity contribution in [3.63, 3.8) is 0 Å². The van der Waals surface area contributed by atoms with Gasteiger partial charge in [-0.3, -0.25) is 0 Å². The highest BCUT2D eigenvalue weighted by Crippen LogP contribution is 2.36. The van der Waals surface area contributed by atoms with Crippen LogP contribution in [0.25, 0.3) is 10.2 Å². The highest BCUT2D eigenvalue weighted by atomic mass is 32.2. The number of sulfone groups is 1. The van der Waals surface area contributed by atoms with Gasteiger partial charge in [-0.25, -0.2) is 13.4 Å². The zero-order valence-electron chi connectivity index (χ0n) is 14.8. The summed E-state index contributed by atoms with van der Waals surface area (Å²) >= 11 is 1.41. The lowest BCUT2D eigenvalue weighted by Crippen LogP contribution is -2.16. The third-order valence-electron chi connectivity index (χ3n) is 4.54. The number of aromatic nitrogens is 1. The van der Waals surface area contributed by atoms with Crippen LogP contribution in [0.15, 0.2) is 83.8 Å². The van der Waals surface area contributed by atoms with Gasteiger partial charge in [0, 0.05) is 0 Å². The van der Waals surface area contributed by atoms with Crippen LogP contribution in [0, 0.1) is 11.3 Å². The van der Waals surface area contributed by atoms with E-state index in [9.17, 15) is 8.42 Å². The lowest BCUT2D eigenvalue weighted by molar-refractivity contribution is 0.580. The first-order chi connectivity index (χ1) is 13.6. The molecule has 0 fully saturated rings. The van der Waals surface area contributed by atoms with Gasteiger partial charge in [0.2, 0.25) is 0 Å². The van der Waals surface area contributed by atoms with E-state index in [0.717, 1.165) is 15.8 Å². The summed E-state index contributed by atoms with van der Waals surface area (Å²) in [5.74, 6) is 0. The summed E-state index contributed by atoms with van der Waals surface area (Å²) in [5, 5.41) is 8.78. The Hall–Kier alpha value is -3.01. The molecule has 0 aliphatic rings. The van der Waals surface area contributed by atoms with Gasteiger partial charge in [-0.05, 0) is 48.4 Å². The third kappa shape index (κ3) is 3.55. The van der Waals surface area contributed by atoms with Gasteiger partial charge in [-0.2, -0.15) is 5.26 Å². The number of nitrogens with zero attached hydrogens (tertiary/aromatic N) is 2. The molecule has 0 bridgehead atoms. The zero-order valence-corrected chi connectivity index (χ0v) is 16.5. The predicted octanol–water partition coefficient (Wildman–Crippen LogP) is 4.93. The molecule has 0 amide bonds. The SMILES string of the molecule is N#Cc1ccc(CC(c2nc3ccccc3s2)S(=O)(=O)c2ccccc2)cc1. The Labute approximate surface area is 167 Å². The van der Waals surface area contributed by atoms with Crippen LogP contribution in [0.5, 0.6) is 0 Å². The molecule has 1 aromatic heterocycles. The molecule has 138 valence electrons. The first kappa shape index (κ1) is 18.4. The van der Waals surface area contributed by atoms with Crippen molar-refractivity contribution < 1.29 is 8.42 Å². The van der Waals surface area contributed by atoms with E-state index in [4.69, 9.17) is 5.26 Å². The van der Waals surface area contributed by atoms with E-state index in [2.05, 4.69) is 11.1 Å². The molecule has 0 saturated heterocycles. The Balaban J connectivity index is 1.81. The second-order valence-electron chi connectivity index (χ2n) is 6.38. The van der Waals surface area contributed by atoms with E-state index in [0.29, 0.717) is 17.0 Å². The standard InChI is InChI=1S/C22H16N2O2S2/c23-15-17-12-10-16(11-13-17)14-21(28(25,26)18-6-2-1-3-7-18)22-24-19-8-4-5-9-20(19)27-22/h1-13,21H,14H2. The number of rotatable bonds is 5. The molecule has 0 spiro atoms. The first-order valence-electron chi connectivity index (χ1n) is 8.71. The molecule has 0 aliphatic carbocycles. The molecule has 3 aromatic carbocycles. The molecule has 1 unspecified atom stereocenters. The van der Waals surface area contributed by atoms with Crippen LogP contribution in [0.3, 0.4) is 0 Å². The van der Waals surface area contributed by atoms with Crippen LogP contribution in [0.1, 0.15) is 21.4 Å². The van der Waals surface area contributed by atoms with Crippen LogP contribution in [0.4, 0.5) is 0 Å². The fourth-order valence-corrected chi connectivity index (χ4v) is 6.13. The van der Waals surface area contributed by atoms with Gasteiger partial charge in [-0.1, -0.05) is 42.5 Å². The fraction of sp³-hybridized carbons (Fsp3) is 0.0909. The van der Waals surface area contributed by atoms with Crippen LogP contribution in [-0.2, 0) is 16.3 Å². The third-order valence-corrected chi connectivity index (χ3v) is 7.90. The van der Waals surface area contributed by atoms with Gasteiger partial charge in [-0.15, -0.1) is 11.3 Å². The van der Waals surface area contributed by atoms with Crippen molar-refractivity contribution in [2.24, 2.45) is 0 Å². The zero-order chi connectivity index (χ0) is 19.6. The number of nitriles is 1. The van der Waals surface area contributed by atoms with Crippen molar-refractivity contribution in [3.8, 4) is 6.07 Å². The molecule has 0 aliphatic heterocycles. The van der Waals surface area contributed by atoms with Gasteiger partial charge < -0.3 is 0 Å². The minimum absolute atomic E-state index is 0.285. The second-order valence-corrected chi connectivity index (χ2v) is 9.57. The van der Waals surface area contributed by atoms with Crippen molar-refractivity contribution in [1.29, 1.82) is 5.26 Å². The van der Waals surface area contributed by atoms with E-state index < -0.39 is 15.1 Å². The quantitative estimate of drug-likeness (QED) is 0.473. The minimum Gasteiger partial charge on any atom is -0.240 e. The average Bonchev–Trinajstić information content (AvgIpc) is 3.16. The Kier molecular flexibility index (Phi) is 4.95. The molecule has 1 atom stereocenters. The molecule has 28 heavy (non-hydrogen) atoms. The van der Waals surface area contributed by atoms with E-state index in [-0.39, 0.29) is 4.90 Å². The van der Waals surface area contributed by atoms with Gasteiger partial charge in [0.25, 0.3) is 0 Å². The van der Waals surface area contributed by atoms with Crippen molar-refractivity contribution in [2.45, 2.75) is 16.6 Å². The Morgan fingerprint density at radius 1 is 0.929 bits per heavy atom. The average molecular weight is 405 g/mol. The maximum Gasteiger partial charge on any atom is 0.188 e. The number of para-hydroxylation sites is 1. The lowest BCUT2D eigenvalue weighted by Gasteiger charge is -2.16. The van der Waals surface area contributed by atoms with Gasteiger partial charge in [0.05, 0.1) is 26.7 Å². The number of hydrogen-bond acceptors (Lipinski definition) is 5. The second kappa shape index (κ2) is 7.55. The summed E-state index contributed by atoms with van der Waals surface area (Å²) in [6, 6.07) is 25.3. The summed E-state index contributed by atoms with van der Waals surface area (Å²) in [7, 11) is -3.63. The molecular formula is C22H16N2O2S2. The monoisotopic (exact) mass is 404 g/mol. The molecule has 4 aromatic rings. The molecule has 0 radical (unpaired) electrons. The number of hydrogen-bond donors (Lipinski definition) is 0. The van der Waals surface area contributed by atoms with Crippen LogP contribution < -0.4 is 0 Å². The van der Waals surface area contributed by atoms with E-state index in [1.165, 1.54) is 11.3 Å². The summed E-state index contributed by atoms with van der Waals surface area (Å²) in [6.07, 6.45) is 0.294. The van der Waals surface area contributed by atoms with Crippen LogP contribution in [0.2, 0.25) is 0 Å². The normalized spacial score (nSPS) is 12.5. The maximum absolute atomic E-state index is 13.5. The summed E-state index contributed by atoms with van der Waals surface area (Å²) in [6.45, 7) is 0. The molecule has 0 saturated carbocycles. The Morgan fingerprint density at radius 2 is 1.61 bits per heavy atom. The maximum atomic E-state index is 13.5. The first-order valence-corrected chi connectivity index (χ1v) is 11.1. The summed E-state index contributed by atoms with van der Waals surface area (Å²) < 4.78 is 27.9. The van der Waals surface area contributed by atoms with Crippen molar-refractivity contribution >= 4 is 31.4 Å². The number of benzene rings is 3. The van der Waals surface area contributed by atoms with Crippen molar-refractivity contribution in [3.05, 3.63) is 95.0 Å². The van der Waals surface area contributed by atoms with E-state index >= 15 is 0 Å². The number of fused-ring (bicyclic) bond motifs is 1. The lowest BCUT2D eigenvalue weighted by atomic mass is 10.1. The highest BCUT2D eigenvalue weighted by Gasteiger charge is 2.32. The van der Waals surface area contributed by atoms with Crippen LogP contribution in [-0.4, -0.2) is 13.4 Å². The minimum atomic E-state index is -3.63. The summed E-state index contributed by atoms with van der Waals surface area (Å²) in [5.41, 5.74) is 2.20. The molecule has 4 nitrogen and oxygen atoms in total. The van der Waals surface area contributed by atoms with Crippen molar-refractivity contribution in [1.82, 2.24) is 4.98 Å². The topological polar surface area (TPSA) is 70.8 Å². The number of thiazole rings is 1. The van der Waals surface area contributed by atoms with Crippen molar-refractivity contribution in [2.75, 3.05) is 0 Å². The highest BCUT2D eigenvalue weighted by molar-refractivity contribution is 7.91. The van der Waals surface area contributed by atoms with E-state index in [1.807, 2.05) is 24.3 Å². The van der Waals surface area contributed by atoms with Gasteiger partial charge >= 0.3 is 0 Å². The molecular weight excluding hydrogens is 388 g/mol. The molecule has 4 rings (SSSR count). The fourth-order valence-electron chi connectivity index (χ4n) is 3.06. The Bertz CT molecular complexity index is 1220. The van der Waals surface area contributed by atoms with Gasteiger partial charge in [0.1, 0.15) is 10.3 Å². The van der Waals surface area contributed by atoms with Gasteiger partial charge in [0.15, 0.2) is 9.84 Å². The molecule has 0 N–H and O–H groups in total. The summed E-state index contributed by atoms with van der Waals surface area (Å²) in [4.78, 5) is 4.91. The Morgan fingerprint density at radius 3 is 2.29 bits per heavy atom.